The van der Waals surface area contributed by atoms with Crippen LogP contribution in [0.2, 0.25) is 0 Å². The fourth-order valence-electron chi connectivity index (χ4n) is 1.56. The second kappa shape index (κ2) is 9.02. The van der Waals surface area contributed by atoms with Crippen LogP contribution < -0.4 is 9.47 Å². The zero-order valence-electron chi connectivity index (χ0n) is 13.5. The second-order valence-corrected chi connectivity index (χ2v) is 4.17. The Kier molecular flexibility index (Phi) is 8.13. The van der Waals surface area contributed by atoms with E-state index in [9.17, 15) is 4.79 Å². The summed E-state index contributed by atoms with van der Waals surface area (Å²) < 4.78 is 10.4. The van der Waals surface area contributed by atoms with Gasteiger partial charge in [0.1, 0.15) is 11.5 Å². The number of hydrogen-bond acceptors (Lipinski definition) is 4. The molecule has 112 valence electrons. The number of aryl methyl sites for hydroxylation is 1. The maximum Gasteiger partial charge on any atom is 0.191 e. The van der Waals surface area contributed by atoms with Crippen molar-refractivity contribution < 1.29 is 14.3 Å². The number of carbonyl (C=O) groups excluding carboxylic acids is 1. The average molecular weight is 279 g/mol. The summed E-state index contributed by atoms with van der Waals surface area (Å²) in [4.78, 5) is 13.9. The highest BCUT2D eigenvalue weighted by Gasteiger charge is 2.13. The Morgan fingerprint density at radius 3 is 2.10 bits per heavy atom. The van der Waals surface area contributed by atoms with E-state index in [0.717, 1.165) is 5.56 Å². The highest BCUT2D eigenvalue weighted by Crippen LogP contribution is 2.29. The molecule has 1 aromatic rings. The third-order valence-corrected chi connectivity index (χ3v) is 2.51. The van der Waals surface area contributed by atoms with Crippen molar-refractivity contribution in [3.8, 4) is 11.5 Å². The first-order chi connectivity index (χ1) is 9.49. The van der Waals surface area contributed by atoms with Crippen molar-refractivity contribution in [3.63, 3.8) is 0 Å². The van der Waals surface area contributed by atoms with Crippen LogP contribution in [0.25, 0.3) is 0 Å². The molecule has 0 aromatic heterocycles. The highest BCUT2D eigenvalue weighted by atomic mass is 16.5. The number of methoxy groups -OCH3 is 2. The van der Waals surface area contributed by atoms with Crippen molar-refractivity contribution in [2.75, 3.05) is 28.3 Å². The Morgan fingerprint density at radius 2 is 1.65 bits per heavy atom. The van der Waals surface area contributed by atoms with Crippen LogP contribution in [0.15, 0.2) is 24.4 Å². The van der Waals surface area contributed by atoms with E-state index < -0.39 is 0 Å². The van der Waals surface area contributed by atoms with E-state index in [-0.39, 0.29) is 5.78 Å². The van der Waals surface area contributed by atoms with E-state index in [4.69, 9.17) is 9.47 Å². The molecule has 0 N–H and O–H groups in total. The molecule has 1 rings (SSSR count). The summed E-state index contributed by atoms with van der Waals surface area (Å²) in [6.07, 6.45) is 3.23. The van der Waals surface area contributed by atoms with Crippen LogP contribution in [0.4, 0.5) is 0 Å². The van der Waals surface area contributed by atoms with Gasteiger partial charge in [0.25, 0.3) is 0 Å². The van der Waals surface area contributed by atoms with Gasteiger partial charge in [-0.1, -0.05) is 13.8 Å². The van der Waals surface area contributed by atoms with E-state index >= 15 is 0 Å². The number of rotatable bonds is 5. The van der Waals surface area contributed by atoms with Crippen LogP contribution in [-0.4, -0.2) is 39.0 Å². The predicted molar refractivity (Wildman–Crippen MR) is 82.8 cm³/mol. The first kappa shape index (κ1) is 18.0. The molecule has 4 heteroatoms. The van der Waals surface area contributed by atoms with Gasteiger partial charge in [-0.05, 0) is 18.6 Å². The van der Waals surface area contributed by atoms with Crippen molar-refractivity contribution in [1.29, 1.82) is 0 Å². The molecular weight excluding hydrogens is 254 g/mol. The monoisotopic (exact) mass is 279 g/mol. The highest BCUT2D eigenvalue weighted by molar-refractivity contribution is 6.06. The third-order valence-electron chi connectivity index (χ3n) is 2.51. The van der Waals surface area contributed by atoms with Gasteiger partial charge in [-0.25, -0.2) is 0 Å². The molecule has 0 bridgehead atoms. The first-order valence-corrected chi connectivity index (χ1v) is 6.61. The molecule has 0 aliphatic carbocycles. The predicted octanol–water partition coefficient (Wildman–Crippen LogP) is 3.30. The van der Waals surface area contributed by atoms with Gasteiger partial charge in [0.05, 0.1) is 19.8 Å². The van der Waals surface area contributed by atoms with E-state index in [0.29, 0.717) is 17.1 Å². The van der Waals surface area contributed by atoms with Crippen molar-refractivity contribution >= 4 is 5.78 Å². The lowest BCUT2D eigenvalue weighted by molar-refractivity contribution is 0.104. The Labute approximate surface area is 122 Å². The minimum atomic E-state index is -0.0914. The number of hydrogen-bond donors (Lipinski definition) is 0. The smallest absolute Gasteiger partial charge is 0.191 e. The summed E-state index contributed by atoms with van der Waals surface area (Å²) in [7, 11) is 6.85. The lowest BCUT2D eigenvalue weighted by Crippen LogP contribution is -2.05. The van der Waals surface area contributed by atoms with Gasteiger partial charge < -0.3 is 14.4 Å². The van der Waals surface area contributed by atoms with Crippen molar-refractivity contribution in [2.24, 2.45) is 0 Å². The molecule has 0 aliphatic heterocycles. The van der Waals surface area contributed by atoms with E-state index in [1.807, 2.05) is 34.9 Å². The summed E-state index contributed by atoms with van der Waals surface area (Å²) >= 11 is 0. The Balaban J connectivity index is 0.00000172. The number of ketones is 1. The summed E-state index contributed by atoms with van der Waals surface area (Å²) in [6.45, 7) is 5.89. The Hall–Kier alpha value is -1.97. The summed E-state index contributed by atoms with van der Waals surface area (Å²) in [5.74, 6) is 1.14. The fraction of sp³-hybridized carbons (Fsp3) is 0.438. The molecule has 0 spiro atoms. The van der Waals surface area contributed by atoms with Gasteiger partial charge >= 0.3 is 0 Å². The largest absolute Gasteiger partial charge is 0.496 e. The number of allylic oxidation sites excluding steroid dienone is 1. The van der Waals surface area contributed by atoms with Gasteiger partial charge in [-0.3, -0.25) is 4.79 Å². The summed E-state index contributed by atoms with van der Waals surface area (Å²) in [5.41, 5.74) is 1.44. The zero-order valence-corrected chi connectivity index (χ0v) is 13.5. The average Bonchev–Trinajstić information content (AvgIpc) is 2.46. The van der Waals surface area contributed by atoms with Crippen LogP contribution >= 0.6 is 0 Å². The van der Waals surface area contributed by atoms with Crippen LogP contribution in [0.5, 0.6) is 11.5 Å². The van der Waals surface area contributed by atoms with Crippen LogP contribution in [0, 0.1) is 6.92 Å². The molecule has 20 heavy (non-hydrogen) atoms. The number of nitrogens with zero attached hydrogens (tertiary/aromatic N) is 1. The van der Waals surface area contributed by atoms with E-state index in [1.165, 1.54) is 13.2 Å². The molecule has 0 saturated heterocycles. The van der Waals surface area contributed by atoms with Gasteiger partial charge in [-0.2, -0.15) is 0 Å². The van der Waals surface area contributed by atoms with Gasteiger partial charge in [0.15, 0.2) is 5.78 Å². The zero-order chi connectivity index (χ0) is 15.7. The quantitative estimate of drug-likeness (QED) is 0.612. The molecule has 0 amide bonds. The maximum absolute atomic E-state index is 12.0. The Bertz CT molecular complexity index is 465. The standard InChI is InChI=1S/C14H19NO3.C2H6/c1-10-8-11(12(16)6-7-15(2)3)14(18-5)9-13(10)17-4;1-2/h6-9H,1-5H3;1-2H3/b7-6+;. The Morgan fingerprint density at radius 1 is 1.10 bits per heavy atom. The molecule has 4 nitrogen and oxygen atoms in total. The molecule has 1 aromatic carbocycles. The van der Waals surface area contributed by atoms with Crippen molar-refractivity contribution in [2.45, 2.75) is 20.8 Å². The number of ether oxygens (including phenoxy) is 2. The molecular formula is C16H25NO3. The normalized spacial score (nSPS) is 9.75. The molecule has 0 unspecified atom stereocenters. The minimum Gasteiger partial charge on any atom is -0.496 e. The van der Waals surface area contributed by atoms with Crippen LogP contribution in [-0.2, 0) is 0 Å². The van der Waals surface area contributed by atoms with E-state index in [2.05, 4.69) is 0 Å². The van der Waals surface area contributed by atoms with Crippen molar-refractivity contribution in [1.82, 2.24) is 4.90 Å². The minimum absolute atomic E-state index is 0.0914. The van der Waals surface area contributed by atoms with E-state index in [1.54, 1.807) is 30.3 Å². The molecule has 0 atom stereocenters. The molecule has 0 fully saturated rings. The first-order valence-electron chi connectivity index (χ1n) is 6.61. The molecule has 0 radical (unpaired) electrons. The lowest BCUT2D eigenvalue weighted by atomic mass is 10.1. The molecule has 0 aliphatic rings. The second-order valence-electron chi connectivity index (χ2n) is 4.17. The third kappa shape index (κ3) is 4.96. The van der Waals surface area contributed by atoms with Gasteiger partial charge in [-0.15, -0.1) is 0 Å². The SMILES string of the molecule is CC.COc1cc(OC)c(C(=O)/C=C/N(C)C)cc1C. The maximum atomic E-state index is 12.0. The van der Waals surface area contributed by atoms with Gasteiger partial charge in [0.2, 0.25) is 0 Å². The number of carbonyl (C=O) groups is 1. The summed E-state index contributed by atoms with van der Waals surface area (Å²) in [5, 5.41) is 0. The van der Waals surface area contributed by atoms with Crippen molar-refractivity contribution in [3.05, 3.63) is 35.5 Å². The summed E-state index contributed by atoms with van der Waals surface area (Å²) in [6, 6.07) is 3.51. The van der Waals surface area contributed by atoms with Gasteiger partial charge in [0, 0.05) is 32.4 Å². The topological polar surface area (TPSA) is 38.8 Å². The van der Waals surface area contributed by atoms with Crippen LogP contribution in [0.3, 0.4) is 0 Å². The lowest BCUT2D eigenvalue weighted by Gasteiger charge is -2.11. The molecule has 0 saturated carbocycles. The van der Waals surface area contributed by atoms with Crippen LogP contribution in [0.1, 0.15) is 29.8 Å². The molecule has 0 heterocycles. The fourth-order valence-corrected chi connectivity index (χ4v) is 1.56. The number of benzene rings is 1.